The number of nitrogens with one attached hydrogen (secondary N) is 2. The fraction of sp³-hybridized carbons (Fsp3) is 0. The van der Waals surface area contributed by atoms with E-state index in [1.165, 1.54) is 12.3 Å². The van der Waals surface area contributed by atoms with Gasteiger partial charge in [0, 0.05) is 28.0 Å². The van der Waals surface area contributed by atoms with E-state index in [1.54, 1.807) is 48.5 Å². The highest BCUT2D eigenvalue weighted by Crippen LogP contribution is 2.16. The second-order valence-electron chi connectivity index (χ2n) is 4.88. The Balaban J connectivity index is 1.63. The van der Waals surface area contributed by atoms with Crippen LogP contribution < -0.4 is 10.6 Å². The predicted molar refractivity (Wildman–Crippen MR) is 90.3 cm³/mol. The van der Waals surface area contributed by atoms with Crippen molar-refractivity contribution in [3.8, 4) is 0 Å². The van der Waals surface area contributed by atoms with Gasteiger partial charge < -0.3 is 15.2 Å². The number of halogens is 1. The summed E-state index contributed by atoms with van der Waals surface area (Å²) < 4.78 is 4.62. The Labute approximate surface area is 142 Å². The van der Waals surface area contributed by atoms with Crippen molar-refractivity contribution in [2.45, 2.75) is 0 Å². The van der Waals surface area contributed by atoms with Crippen LogP contribution in [0.2, 0.25) is 5.02 Å². The molecule has 0 aliphatic carbocycles. The first-order chi connectivity index (χ1) is 11.6. The number of benzene rings is 2. The molecule has 0 saturated heterocycles. The van der Waals surface area contributed by atoms with E-state index in [-0.39, 0.29) is 17.5 Å². The number of rotatable bonds is 4. The van der Waals surface area contributed by atoms with E-state index in [0.717, 1.165) is 0 Å². The molecule has 2 N–H and O–H groups in total. The van der Waals surface area contributed by atoms with Gasteiger partial charge in [-0.3, -0.25) is 9.59 Å². The maximum atomic E-state index is 12.1. The van der Waals surface area contributed by atoms with Gasteiger partial charge in [-0.1, -0.05) is 16.8 Å². The van der Waals surface area contributed by atoms with Crippen molar-refractivity contribution in [2.24, 2.45) is 0 Å². The molecule has 2 aromatic carbocycles. The van der Waals surface area contributed by atoms with E-state index < -0.39 is 0 Å². The Morgan fingerprint density at radius 3 is 1.96 bits per heavy atom. The van der Waals surface area contributed by atoms with Gasteiger partial charge in [-0.25, -0.2) is 0 Å². The molecule has 24 heavy (non-hydrogen) atoms. The van der Waals surface area contributed by atoms with E-state index >= 15 is 0 Å². The number of carbonyl (C=O) groups is 2. The topological polar surface area (TPSA) is 84.2 Å². The molecule has 3 aromatic rings. The van der Waals surface area contributed by atoms with Crippen LogP contribution in [-0.2, 0) is 0 Å². The lowest BCUT2D eigenvalue weighted by Crippen LogP contribution is -2.13. The second kappa shape index (κ2) is 6.97. The van der Waals surface area contributed by atoms with Gasteiger partial charge in [-0.2, -0.15) is 0 Å². The van der Waals surface area contributed by atoms with E-state index in [4.69, 9.17) is 11.6 Å². The lowest BCUT2D eigenvalue weighted by atomic mass is 10.2. The first-order valence-corrected chi connectivity index (χ1v) is 7.38. The minimum atomic E-state index is -0.373. The van der Waals surface area contributed by atoms with Crippen molar-refractivity contribution in [1.29, 1.82) is 0 Å². The number of amides is 2. The van der Waals surface area contributed by atoms with Crippen LogP contribution in [0.15, 0.2) is 65.4 Å². The van der Waals surface area contributed by atoms with Crippen molar-refractivity contribution in [1.82, 2.24) is 5.16 Å². The lowest BCUT2D eigenvalue weighted by Gasteiger charge is -2.07. The summed E-state index contributed by atoms with van der Waals surface area (Å²) in [6.45, 7) is 0. The van der Waals surface area contributed by atoms with Gasteiger partial charge in [0.05, 0.1) is 0 Å². The minimum absolute atomic E-state index is 0.190. The SMILES string of the molecule is O=C(Nc1ccc(NC(=O)c2ccon2)cc1)c1ccc(Cl)cc1. The monoisotopic (exact) mass is 341 g/mol. The van der Waals surface area contributed by atoms with Crippen molar-refractivity contribution < 1.29 is 14.1 Å². The molecule has 1 aromatic heterocycles. The quantitative estimate of drug-likeness (QED) is 0.755. The fourth-order valence-electron chi connectivity index (χ4n) is 1.97. The predicted octanol–water partition coefficient (Wildman–Crippen LogP) is 3.83. The number of carbonyl (C=O) groups excluding carboxylic acids is 2. The molecule has 0 radical (unpaired) electrons. The molecule has 2 amide bonds. The molecule has 0 unspecified atom stereocenters. The first-order valence-electron chi connectivity index (χ1n) is 7.00. The van der Waals surface area contributed by atoms with Crippen LogP contribution in [0.1, 0.15) is 20.8 Å². The molecule has 0 bridgehead atoms. The summed E-state index contributed by atoms with van der Waals surface area (Å²) in [4.78, 5) is 23.9. The molecular formula is C17H12ClN3O3. The van der Waals surface area contributed by atoms with Crippen molar-refractivity contribution in [3.63, 3.8) is 0 Å². The van der Waals surface area contributed by atoms with E-state index in [0.29, 0.717) is 22.0 Å². The maximum Gasteiger partial charge on any atom is 0.277 e. The van der Waals surface area contributed by atoms with Gasteiger partial charge >= 0.3 is 0 Å². The summed E-state index contributed by atoms with van der Waals surface area (Å²) in [6, 6.07) is 14.8. The Hall–Kier alpha value is -3.12. The summed E-state index contributed by atoms with van der Waals surface area (Å²) >= 11 is 5.80. The van der Waals surface area contributed by atoms with Crippen LogP contribution in [0.4, 0.5) is 11.4 Å². The molecule has 1 heterocycles. The number of nitrogens with zero attached hydrogens (tertiary/aromatic N) is 1. The highest BCUT2D eigenvalue weighted by atomic mass is 35.5. The third kappa shape index (κ3) is 3.80. The largest absolute Gasteiger partial charge is 0.364 e. The van der Waals surface area contributed by atoms with Crippen LogP contribution in [0.25, 0.3) is 0 Å². The fourth-order valence-corrected chi connectivity index (χ4v) is 2.09. The third-order valence-electron chi connectivity index (χ3n) is 3.18. The van der Waals surface area contributed by atoms with Crippen LogP contribution in [-0.4, -0.2) is 17.0 Å². The highest BCUT2D eigenvalue weighted by molar-refractivity contribution is 6.30. The molecule has 0 fully saturated rings. The highest BCUT2D eigenvalue weighted by Gasteiger charge is 2.09. The lowest BCUT2D eigenvalue weighted by molar-refractivity contribution is 0.101. The van der Waals surface area contributed by atoms with Crippen LogP contribution in [0.3, 0.4) is 0 Å². The van der Waals surface area contributed by atoms with Gasteiger partial charge in [0.25, 0.3) is 11.8 Å². The number of hydrogen-bond acceptors (Lipinski definition) is 4. The first kappa shape index (κ1) is 15.8. The summed E-state index contributed by atoms with van der Waals surface area (Å²) in [5.41, 5.74) is 1.87. The molecule has 6 nitrogen and oxygen atoms in total. The minimum Gasteiger partial charge on any atom is -0.364 e. The van der Waals surface area contributed by atoms with Gasteiger partial charge in [0.2, 0.25) is 0 Å². The van der Waals surface area contributed by atoms with E-state index in [2.05, 4.69) is 20.3 Å². The average Bonchev–Trinajstić information content (AvgIpc) is 3.12. The normalized spacial score (nSPS) is 10.2. The molecule has 0 atom stereocenters. The van der Waals surface area contributed by atoms with Crippen LogP contribution in [0.5, 0.6) is 0 Å². The molecule has 0 spiro atoms. The Bertz CT molecular complexity index is 844. The van der Waals surface area contributed by atoms with E-state index in [1.807, 2.05) is 0 Å². The summed E-state index contributed by atoms with van der Waals surface area (Å²) in [5.74, 6) is -0.618. The Kier molecular flexibility index (Phi) is 4.58. The smallest absolute Gasteiger partial charge is 0.277 e. The van der Waals surface area contributed by atoms with Crippen molar-refractivity contribution in [3.05, 3.63) is 77.1 Å². The van der Waals surface area contributed by atoms with Crippen LogP contribution >= 0.6 is 11.6 Å². The Morgan fingerprint density at radius 2 is 1.42 bits per heavy atom. The zero-order valence-electron chi connectivity index (χ0n) is 12.3. The maximum absolute atomic E-state index is 12.1. The van der Waals surface area contributed by atoms with E-state index in [9.17, 15) is 9.59 Å². The molecule has 0 aliphatic rings. The standard InChI is InChI=1S/C17H12ClN3O3/c18-12-3-1-11(2-4-12)16(22)19-13-5-7-14(8-6-13)20-17(23)15-9-10-24-21-15/h1-10H,(H,19,22)(H,20,23). The van der Waals surface area contributed by atoms with Crippen LogP contribution in [0, 0.1) is 0 Å². The summed E-state index contributed by atoms with van der Waals surface area (Å²) in [6.07, 6.45) is 1.32. The third-order valence-corrected chi connectivity index (χ3v) is 3.43. The molecule has 0 aliphatic heterocycles. The molecular weight excluding hydrogens is 330 g/mol. The van der Waals surface area contributed by atoms with Crippen molar-refractivity contribution >= 4 is 34.8 Å². The summed E-state index contributed by atoms with van der Waals surface area (Å²) in [7, 11) is 0. The van der Waals surface area contributed by atoms with Gasteiger partial charge in [-0.15, -0.1) is 0 Å². The average molecular weight is 342 g/mol. The van der Waals surface area contributed by atoms with Gasteiger partial charge in [0.1, 0.15) is 6.26 Å². The molecule has 120 valence electrons. The zero-order valence-corrected chi connectivity index (χ0v) is 13.1. The molecule has 0 saturated carbocycles. The van der Waals surface area contributed by atoms with Gasteiger partial charge in [-0.05, 0) is 48.5 Å². The molecule has 7 heteroatoms. The summed E-state index contributed by atoms with van der Waals surface area (Å²) in [5, 5.41) is 9.56. The number of hydrogen-bond donors (Lipinski definition) is 2. The van der Waals surface area contributed by atoms with Crippen molar-refractivity contribution in [2.75, 3.05) is 10.6 Å². The molecule has 3 rings (SSSR count). The Morgan fingerprint density at radius 1 is 0.833 bits per heavy atom. The number of anilines is 2. The van der Waals surface area contributed by atoms with Gasteiger partial charge in [0.15, 0.2) is 5.69 Å². The zero-order chi connectivity index (χ0) is 16.9. The second-order valence-corrected chi connectivity index (χ2v) is 5.31. The number of aromatic nitrogens is 1.